The molecule has 1 rings (SSSR count). The summed E-state index contributed by atoms with van der Waals surface area (Å²) in [5, 5.41) is 6.22. The summed E-state index contributed by atoms with van der Waals surface area (Å²) >= 11 is 0. The molecule has 1 heterocycles. The van der Waals surface area contributed by atoms with E-state index in [1.165, 1.54) is 0 Å². The van der Waals surface area contributed by atoms with Gasteiger partial charge in [-0.3, -0.25) is 0 Å². The third kappa shape index (κ3) is 6.62. The topological polar surface area (TPSA) is 68.2 Å². The molecule has 1 aromatic heterocycles. The van der Waals surface area contributed by atoms with E-state index in [1.54, 1.807) is 0 Å². The lowest BCUT2D eigenvalue weighted by Gasteiger charge is -2.29. The van der Waals surface area contributed by atoms with Crippen LogP contribution in [0.3, 0.4) is 0 Å². The van der Waals surface area contributed by atoms with Gasteiger partial charge in [-0.15, -0.1) is 0 Å². The highest BCUT2D eigenvalue weighted by Crippen LogP contribution is 2.09. The molecule has 0 unspecified atom stereocenters. The van der Waals surface area contributed by atoms with Crippen LogP contribution in [-0.2, 0) is 17.8 Å². The van der Waals surface area contributed by atoms with E-state index in [2.05, 4.69) is 27.1 Å². The molecule has 120 valence electrons. The second kappa shape index (κ2) is 6.93. The Balaban J connectivity index is 2.41. The van der Waals surface area contributed by atoms with Crippen LogP contribution >= 0.6 is 0 Å². The maximum absolute atomic E-state index is 11.8. The number of hydrogen-bond donors (Lipinski definition) is 2. The number of alkyl carbamates (subject to hydrolysis) is 1. The molecule has 1 aromatic rings. The minimum atomic E-state index is -0.485. The summed E-state index contributed by atoms with van der Waals surface area (Å²) in [5.74, 6) is 0. The Bertz CT molecular complexity index is 460. The molecule has 0 aromatic carbocycles. The molecule has 0 aliphatic heterocycles. The molecule has 0 aliphatic carbocycles. The summed E-state index contributed by atoms with van der Waals surface area (Å²) in [7, 11) is 0. The molecular weight excluding hydrogens is 268 g/mol. The third-order valence-corrected chi connectivity index (χ3v) is 2.85. The Morgan fingerprint density at radius 1 is 1.33 bits per heavy atom. The van der Waals surface area contributed by atoms with Gasteiger partial charge >= 0.3 is 6.09 Å². The van der Waals surface area contributed by atoms with Gasteiger partial charge in [0.05, 0.1) is 17.6 Å². The summed E-state index contributed by atoms with van der Waals surface area (Å²) in [4.78, 5) is 15.9. The minimum absolute atomic E-state index is 0.389. The minimum Gasteiger partial charge on any atom is -0.444 e. The van der Waals surface area contributed by atoms with Crippen molar-refractivity contribution in [3.05, 3.63) is 18.2 Å². The fourth-order valence-electron chi connectivity index (χ4n) is 1.91. The van der Waals surface area contributed by atoms with Gasteiger partial charge in [0.1, 0.15) is 5.60 Å². The number of rotatable bonds is 6. The molecular formula is C15H28N4O2. The van der Waals surface area contributed by atoms with Gasteiger partial charge in [0, 0.05) is 25.8 Å². The van der Waals surface area contributed by atoms with Crippen molar-refractivity contribution in [2.75, 3.05) is 6.54 Å². The van der Waals surface area contributed by atoms with Crippen LogP contribution in [0.25, 0.3) is 0 Å². The van der Waals surface area contributed by atoms with Crippen molar-refractivity contribution in [1.29, 1.82) is 0 Å². The smallest absolute Gasteiger partial charge is 0.408 e. The highest BCUT2D eigenvalue weighted by molar-refractivity contribution is 5.68. The molecule has 2 N–H and O–H groups in total. The number of nitrogens with one attached hydrogen (secondary N) is 2. The predicted octanol–water partition coefficient (Wildman–Crippen LogP) is 2.30. The number of aromatic nitrogens is 2. The van der Waals surface area contributed by atoms with Crippen LogP contribution in [0.4, 0.5) is 4.79 Å². The lowest BCUT2D eigenvalue weighted by atomic mass is 10.1. The van der Waals surface area contributed by atoms with E-state index in [-0.39, 0.29) is 5.54 Å². The maximum Gasteiger partial charge on any atom is 0.408 e. The fourth-order valence-corrected chi connectivity index (χ4v) is 1.91. The average molecular weight is 296 g/mol. The first-order chi connectivity index (χ1) is 9.63. The number of imidazole rings is 1. The van der Waals surface area contributed by atoms with Gasteiger partial charge in [-0.25, -0.2) is 9.78 Å². The summed E-state index contributed by atoms with van der Waals surface area (Å²) < 4.78 is 7.35. The zero-order valence-electron chi connectivity index (χ0n) is 14.0. The van der Waals surface area contributed by atoms with Crippen molar-refractivity contribution in [3.8, 4) is 0 Å². The Labute approximate surface area is 127 Å². The summed E-state index contributed by atoms with van der Waals surface area (Å²) in [6, 6.07) is 0. The van der Waals surface area contributed by atoms with Crippen LogP contribution in [0.15, 0.2) is 12.5 Å². The molecule has 6 heteroatoms. The van der Waals surface area contributed by atoms with Crippen molar-refractivity contribution >= 4 is 6.09 Å². The highest BCUT2D eigenvalue weighted by Gasteiger charge is 2.24. The number of ether oxygens (including phenoxy) is 1. The van der Waals surface area contributed by atoms with Crippen LogP contribution in [-0.4, -0.2) is 33.3 Å². The SMILES string of the molecule is CCn1cncc1CNCC(C)(C)NC(=O)OC(C)(C)C. The number of carbonyl (C=O) groups excluding carboxylic acids is 1. The van der Waals surface area contributed by atoms with Gasteiger partial charge < -0.3 is 19.9 Å². The van der Waals surface area contributed by atoms with Crippen molar-refractivity contribution in [2.24, 2.45) is 0 Å². The molecule has 6 nitrogen and oxygen atoms in total. The van der Waals surface area contributed by atoms with Crippen LogP contribution in [0.5, 0.6) is 0 Å². The maximum atomic E-state index is 11.8. The zero-order valence-corrected chi connectivity index (χ0v) is 14.0. The van der Waals surface area contributed by atoms with Crippen LogP contribution in [0.2, 0.25) is 0 Å². The van der Waals surface area contributed by atoms with Gasteiger partial charge in [0.25, 0.3) is 0 Å². The lowest BCUT2D eigenvalue weighted by Crippen LogP contribution is -2.51. The van der Waals surface area contributed by atoms with E-state index in [0.717, 1.165) is 12.2 Å². The number of hydrogen-bond acceptors (Lipinski definition) is 4. The van der Waals surface area contributed by atoms with Crippen molar-refractivity contribution in [3.63, 3.8) is 0 Å². The predicted molar refractivity (Wildman–Crippen MR) is 83.1 cm³/mol. The monoisotopic (exact) mass is 296 g/mol. The van der Waals surface area contributed by atoms with Gasteiger partial charge in [0.2, 0.25) is 0 Å². The highest BCUT2D eigenvalue weighted by atomic mass is 16.6. The molecule has 0 fully saturated rings. The van der Waals surface area contributed by atoms with Gasteiger partial charge in [-0.2, -0.15) is 0 Å². The van der Waals surface area contributed by atoms with Crippen LogP contribution in [0.1, 0.15) is 47.2 Å². The number of nitrogens with zero attached hydrogens (tertiary/aromatic N) is 2. The molecule has 0 atom stereocenters. The largest absolute Gasteiger partial charge is 0.444 e. The van der Waals surface area contributed by atoms with Crippen molar-refractivity contribution in [2.45, 2.75) is 65.8 Å². The number of carbonyl (C=O) groups is 1. The Morgan fingerprint density at radius 3 is 2.57 bits per heavy atom. The number of amides is 1. The molecule has 0 saturated heterocycles. The first kappa shape index (κ1) is 17.5. The molecule has 21 heavy (non-hydrogen) atoms. The number of aryl methyl sites for hydroxylation is 1. The molecule has 0 spiro atoms. The Hall–Kier alpha value is -1.56. The summed E-state index contributed by atoms with van der Waals surface area (Å²) in [6.45, 7) is 13.8. The molecule has 0 aliphatic rings. The Kier molecular flexibility index (Phi) is 5.78. The first-order valence-corrected chi connectivity index (χ1v) is 7.34. The quantitative estimate of drug-likeness (QED) is 0.845. The molecule has 0 saturated carbocycles. The summed E-state index contributed by atoms with van der Waals surface area (Å²) in [6.07, 6.45) is 3.28. The molecule has 0 radical (unpaired) electrons. The average Bonchev–Trinajstić information content (AvgIpc) is 2.72. The standard InChI is InChI=1S/C15H28N4O2/c1-7-19-11-17-9-12(19)8-16-10-15(5,6)18-13(20)21-14(2,3)4/h9,11,16H,7-8,10H2,1-6H3,(H,18,20). The first-order valence-electron chi connectivity index (χ1n) is 7.34. The van der Waals surface area contributed by atoms with Crippen molar-refractivity contribution in [1.82, 2.24) is 20.2 Å². The summed E-state index contributed by atoms with van der Waals surface area (Å²) in [5.41, 5.74) is 0.256. The van der Waals surface area contributed by atoms with E-state index >= 15 is 0 Å². The van der Waals surface area contributed by atoms with Gasteiger partial charge in [-0.1, -0.05) is 0 Å². The third-order valence-electron chi connectivity index (χ3n) is 2.85. The second-order valence-electron chi connectivity index (χ2n) is 6.79. The zero-order chi connectivity index (χ0) is 16.1. The van der Waals surface area contributed by atoms with Crippen molar-refractivity contribution < 1.29 is 9.53 Å². The molecule has 0 bridgehead atoms. The Morgan fingerprint density at radius 2 is 2.00 bits per heavy atom. The van der Waals surface area contributed by atoms with E-state index < -0.39 is 11.7 Å². The van der Waals surface area contributed by atoms with Crippen LogP contribution in [0, 0.1) is 0 Å². The molecule has 1 amide bonds. The van der Waals surface area contributed by atoms with Crippen LogP contribution < -0.4 is 10.6 Å². The van der Waals surface area contributed by atoms with E-state index in [9.17, 15) is 4.79 Å². The normalized spacial score (nSPS) is 12.3. The van der Waals surface area contributed by atoms with E-state index in [0.29, 0.717) is 13.1 Å². The lowest BCUT2D eigenvalue weighted by molar-refractivity contribution is 0.0472. The van der Waals surface area contributed by atoms with E-state index in [1.807, 2.05) is 47.1 Å². The van der Waals surface area contributed by atoms with E-state index in [4.69, 9.17) is 4.74 Å². The second-order valence-corrected chi connectivity index (χ2v) is 6.79. The van der Waals surface area contributed by atoms with Gasteiger partial charge in [0.15, 0.2) is 0 Å². The fraction of sp³-hybridized carbons (Fsp3) is 0.733. The van der Waals surface area contributed by atoms with Gasteiger partial charge in [-0.05, 0) is 41.5 Å².